The minimum absolute atomic E-state index is 0.0218. The molecule has 4 amide bonds. The van der Waals surface area contributed by atoms with E-state index in [2.05, 4.69) is 5.32 Å². The molecule has 0 radical (unpaired) electrons. The van der Waals surface area contributed by atoms with Crippen LogP contribution in [0.5, 0.6) is 0 Å². The molecule has 9 heteroatoms. The molecule has 1 aliphatic carbocycles. The standard InChI is InChI=1S/C16H24N4O5/c17-13(22)6-5-11(19-15(24)9-3-4-10(21)8-9)16(25)20-7-1-2-12(20)14(18)23/h9,11-12H,1-8H2,(H2,17,22)(H2,18,23)(H,19,24)/t9?,11-,12-/m0/s1. The van der Waals surface area contributed by atoms with Crippen molar-refractivity contribution in [2.24, 2.45) is 17.4 Å². The van der Waals surface area contributed by atoms with Gasteiger partial charge in [0.2, 0.25) is 23.6 Å². The van der Waals surface area contributed by atoms with E-state index in [1.165, 1.54) is 4.90 Å². The zero-order chi connectivity index (χ0) is 18.6. The van der Waals surface area contributed by atoms with E-state index in [0.29, 0.717) is 32.2 Å². The second-order valence-electron chi connectivity index (χ2n) is 6.64. The fourth-order valence-electron chi connectivity index (χ4n) is 3.40. The van der Waals surface area contributed by atoms with E-state index in [1.807, 2.05) is 0 Å². The molecule has 138 valence electrons. The van der Waals surface area contributed by atoms with Crippen LogP contribution in [0.1, 0.15) is 44.9 Å². The molecule has 5 N–H and O–H groups in total. The Bertz CT molecular complexity index is 591. The summed E-state index contributed by atoms with van der Waals surface area (Å²) in [6, 6.07) is -1.66. The Hall–Kier alpha value is -2.45. The Balaban J connectivity index is 2.07. The second-order valence-corrected chi connectivity index (χ2v) is 6.64. The molecule has 0 aromatic heterocycles. The molecule has 0 bridgehead atoms. The number of Topliss-reactive ketones (excluding diaryl/α,β-unsaturated/α-hetero) is 1. The molecule has 1 saturated carbocycles. The average molecular weight is 352 g/mol. The second kappa shape index (κ2) is 8.09. The molecule has 0 aromatic carbocycles. The highest BCUT2D eigenvalue weighted by atomic mass is 16.2. The van der Waals surface area contributed by atoms with Crippen LogP contribution in [0.15, 0.2) is 0 Å². The van der Waals surface area contributed by atoms with Crippen LogP contribution in [0.25, 0.3) is 0 Å². The molecule has 3 atom stereocenters. The first kappa shape index (κ1) is 18.9. The maximum Gasteiger partial charge on any atom is 0.245 e. The smallest absolute Gasteiger partial charge is 0.245 e. The van der Waals surface area contributed by atoms with Gasteiger partial charge >= 0.3 is 0 Å². The number of nitrogens with zero attached hydrogens (tertiary/aromatic N) is 1. The SMILES string of the molecule is NC(=O)CC[C@H](NC(=O)C1CCC(=O)C1)C(=O)N1CCC[C@H]1C(N)=O. The van der Waals surface area contributed by atoms with Gasteiger partial charge in [0.1, 0.15) is 17.9 Å². The van der Waals surface area contributed by atoms with Crippen LogP contribution in [0.4, 0.5) is 0 Å². The van der Waals surface area contributed by atoms with Crippen LogP contribution < -0.4 is 16.8 Å². The van der Waals surface area contributed by atoms with Crippen LogP contribution in [-0.4, -0.2) is 52.9 Å². The summed E-state index contributed by atoms with van der Waals surface area (Å²) in [7, 11) is 0. The third-order valence-electron chi connectivity index (χ3n) is 4.77. The Morgan fingerprint density at radius 3 is 2.48 bits per heavy atom. The summed E-state index contributed by atoms with van der Waals surface area (Å²) in [6.45, 7) is 0.372. The fourth-order valence-corrected chi connectivity index (χ4v) is 3.40. The molecule has 25 heavy (non-hydrogen) atoms. The van der Waals surface area contributed by atoms with Crippen LogP contribution in [0, 0.1) is 5.92 Å². The van der Waals surface area contributed by atoms with Crippen molar-refractivity contribution >= 4 is 29.4 Å². The number of rotatable bonds is 7. The van der Waals surface area contributed by atoms with E-state index in [4.69, 9.17) is 11.5 Å². The van der Waals surface area contributed by atoms with Crippen molar-refractivity contribution in [3.8, 4) is 0 Å². The van der Waals surface area contributed by atoms with Crippen molar-refractivity contribution in [1.82, 2.24) is 10.2 Å². The zero-order valence-electron chi connectivity index (χ0n) is 14.0. The summed E-state index contributed by atoms with van der Waals surface area (Å²) in [5.41, 5.74) is 10.5. The highest BCUT2D eigenvalue weighted by Gasteiger charge is 2.38. The number of amides is 4. The minimum Gasteiger partial charge on any atom is -0.370 e. The average Bonchev–Trinajstić information content (AvgIpc) is 3.19. The van der Waals surface area contributed by atoms with Gasteiger partial charge < -0.3 is 21.7 Å². The number of carbonyl (C=O) groups is 5. The monoisotopic (exact) mass is 352 g/mol. The molecule has 2 rings (SSSR count). The molecule has 1 saturated heterocycles. The van der Waals surface area contributed by atoms with Gasteiger partial charge in [0, 0.05) is 31.7 Å². The van der Waals surface area contributed by atoms with Crippen LogP contribution in [0.3, 0.4) is 0 Å². The summed E-state index contributed by atoms with van der Waals surface area (Å²) in [6.07, 6.45) is 2.07. The van der Waals surface area contributed by atoms with Crippen molar-refractivity contribution in [1.29, 1.82) is 0 Å². The zero-order valence-corrected chi connectivity index (χ0v) is 14.0. The Kier molecular flexibility index (Phi) is 6.11. The van der Waals surface area contributed by atoms with E-state index < -0.39 is 35.7 Å². The topological polar surface area (TPSA) is 153 Å². The van der Waals surface area contributed by atoms with Crippen LogP contribution in [0.2, 0.25) is 0 Å². The number of hydrogen-bond acceptors (Lipinski definition) is 5. The maximum atomic E-state index is 12.8. The summed E-state index contributed by atoms with van der Waals surface area (Å²) >= 11 is 0. The predicted octanol–water partition coefficient (Wildman–Crippen LogP) is -1.42. The lowest BCUT2D eigenvalue weighted by Gasteiger charge is -2.28. The maximum absolute atomic E-state index is 12.8. The van der Waals surface area contributed by atoms with Crippen LogP contribution >= 0.6 is 0 Å². The van der Waals surface area contributed by atoms with E-state index in [1.54, 1.807) is 0 Å². The van der Waals surface area contributed by atoms with Gasteiger partial charge in [-0.1, -0.05) is 0 Å². The third-order valence-corrected chi connectivity index (χ3v) is 4.77. The van der Waals surface area contributed by atoms with E-state index in [-0.39, 0.29) is 31.0 Å². The lowest BCUT2D eigenvalue weighted by molar-refractivity contribution is -0.141. The van der Waals surface area contributed by atoms with Gasteiger partial charge in [-0.3, -0.25) is 24.0 Å². The predicted molar refractivity (Wildman–Crippen MR) is 86.6 cm³/mol. The number of nitrogens with one attached hydrogen (secondary N) is 1. The highest BCUT2D eigenvalue weighted by Crippen LogP contribution is 2.23. The summed E-state index contributed by atoms with van der Waals surface area (Å²) < 4.78 is 0. The summed E-state index contributed by atoms with van der Waals surface area (Å²) in [5, 5.41) is 2.63. The minimum atomic E-state index is -0.962. The van der Waals surface area contributed by atoms with Gasteiger partial charge in [-0.05, 0) is 25.7 Å². The first-order chi connectivity index (χ1) is 11.8. The molecular weight excluding hydrogens is 328 g/mol. The van der Waals surface area contributed by atoms with Gasteiger partial charge in [-0.2, -0.15) is 0 Å². The lowest BCUT2D eigenvalue weighted by atomic mass is 10.0. The lowest BCUT2D eigenvalue weighted by Crippen LogP contribution is -2.53. The number of primary amides is 2. The fraction of sp³-hybridized carbons (Fsp3) is 0.688. The molecule has 1 unspecified atom stereocenters. The molecule has 1 heterocycles. The van der Waals surface area contributed by atoms with Crippen molar-refractivity contribution in [2.45, 2.75) is 57.0 Å². The number of nitrogens with two attached hydrogens (primary N) is 2. The number of hydrogen-bond donors (Lipinski definition) is 3. The van der Waals surface area contributed by atoms with E-state index in [0.717, 1.165) is 0 Å². The number of carbonyl (C=O) groups excluding carboxylic acids is 5. The first-order valence-electron chi connectivity index (χ1n) is 8.49. The molecule has 1 aliphatic heterocycles. The van der Waals surface area contributed by atoms with Crippen LogP contribution in [-0.2, 0) is 24.0 Å². The van der Waals surface area contributed by atoms with Crippen molar-refractivity contribution < 1.29 is 24.0 Å². The van der Waals surface area contributed by atoms with E-state index >= 15 is 0 Å². The molecule has 2 fully saturated rings. The first-order valence-corrected chi connectivity index (χ1v) is 8.49. The highest BCUT2D eigenvalue weighted by molar-refractivity contribution is 5.95. The molecule has 0 aromatic rings. The van der Waals surface area contributed by atoms with E-state index in [9.17, 15) is 24.0 Å². The van der Waals surface area contributed by atoms with Gasteiger partial charge in [0.25, 0.3) is 0 Å². The molecular formula is C16H24N4O5. The van der Waals surface area contributed by atoms with Crippen molar-refractivity contribution in [2.75, 3.05) is 6.54 Å². The van der Waals surface area contributed by atoms with Gasteiger partial charge in [-0.15, -0.1) is 0 Å². The number of ketones is 1. The van der Waals surface area contributed by atoms with Gasteiger partial charge in [-0.25, -0.2) is 0 Å². The molecule has 9 nitrogen and oxygen atoms in total. The Morgan fingerprint density at radius 1 is 1.20 bits per heavy atom. The Labute approximate surface area is 145 Å². The third kappa shape index (κ3) is 4.77. The van der Waals surface area contributed by atoms with Gasteiger partial charge in [0.15, 0.2) is 0 Å². The summed E-state index contributed by atoms with van der Waals surface area (Å²) in [5.74, 6) is -2.44. The molecule has 2 aliphatic rings. The van der Waals surface area contributed by atoms with Gasteiger partial charge in [0.05, 0.1) is 0 Å². The summed E-state index contributed by atoms with van der Waals surface area (Å²) in [4.78, 5) is 60.4. The molecule has 0 spiro atoms. The largest absolute Gasteiger partial charge is 0.370 e. The Morgan fingerprint density at radius 2 is 1.92 bits per heavy atom. The van der Waals surface area contributed by atoms with Crippen molar-refractivity contribution in [3.05, 3.63) is 0 Å². The normalized spacial score (nSPS) is 24.2. The number of likely N-dealkylation sites (tertiary alicyclic amines) is 1. The van der Waals surface area contributed by atoms with Crippen molar-refractivity contribution in [3.63, 3.8) is 0 Å². The quantitative estimate of drug-likeness (QED) is 0.513.